The van der Waals surface area contributed by atoms with Crippen molar-refractivity contribution in [3.05, 3.63) is 12.2 Å². The van der Waals surface area contributed by atoms with E-state index in [1.54, 1.807) is 20.8 Å². The van der Waals surface area contributed by atoms with Crippen LogP contribution in [0.4, 0.5) is 0 Å². The molecule has 1 amide bonds. The van der Waals surface area contributed by atoms with Crippen LogP contribution in [0.3, 0.4) is 0 Å². The summed E-state index contributed by atoms with van der Waals surface area (Å²) in [5.41, 5.74) is 0. The molecule has 1 atom stereocenters. The average Bonchev–Trinajstić information content (AvgIpc) is 2.12. The molecule has 0 aliphatic heterocycles. The first-order valence-electron chi connectivity index (χ1n) is 5.01. The first-order valence-corrected chi connectivity index (χ1v) is 6.42. The number of nitrogens with one attached hydrogen (secondary N) is 1. The van der Waals surface area contributed by atoms with Gasteiger partial charge in [0.15, 0.2) is 0 Å². The standard InChI is InChI=1S/C10H19NO4S.K/c1-5-6-9(12)11-7-10(4,8(2)3)16(13,14)15;/h5-6,8H,7H2,1-4H3,(H,11,12)(H,13,14,15);/q;+1/p-1. The minimum Gasteiger partial charge on any atom is -0.747 e. The smallest absolute Gasteiger partial charge is 0.747 e. The van der Waals surface area contributed by atoms with Crippen molar-refractivity contribution in [1.82, 2.24) is 5.32 Å². The van der Waals surface area contributed by atoms with E-state index in [2.05, 4.69) is 5.32 Å². The van der Waals surface area contributed by atoms with Gasteiger partial charge in [-0.1, -0.05) is 19.9 Å². The average molecular weight is 287 g/mol. The van der Waals surface area contributed by atoms with Gasteiger partial charge in [-0.2, -0.15) is 0 Å². The molecule has 17 heavy (non-hydrogen) atoms. The number of amides is 1. The van der Waals surface area contributed by atoms with Gasteiger partial charge in [-0.05, 0) is 25.8 Å². The Balaban J connectivity index is 0. The second kappa shape index (κ2) is 8.03. The van der Waals surface area contributed by atoms with Crippen LogP contribution < -0.4 is 56.7 Å². The topological polar surface area (TPSA) is 86.3 Å². The van der Waals surface area contributed by atoms with Crippen molar-refractivity contribution in [2.24, 2.45) is 5.92 Å². The summed E-state index contributed by atoms with van der Waals surface area (Å²) in [5, 5.41) is 2.41. The van der Waals surface area contributed by atoms with Crippen molar-refractivity contribution in [3.63, 3.8) is 0 Å². The van der Waals surface area contributed by atoms with Crippen LogP contribution in [0, 0.1) is 5.92 Å². The second-order valence-electron chi connectivity index (χ2n) is 4.14. The number of rotatable bonds is 5. The van der Waals surface area contributed by atoms with Crippen LogP contribution in [0.25, 0.3) is 0 Å². The van der Waals surface area contributed by atoms with Gasteiger partial charge in [-0.15, -0.1) is 0 Å². The first-order chi connectivity index (χ1) is 7.15. The minimum atomic E-state index is -4.46. The third kappa shape index (κ3) is 5.95. The van der Waals surface area contributed by atoms with Crippen LogP contribution in [0.5, 0.6) is 0 Å². The largest absolute Gasteiger partial charge is 1.00 e. The van der Waals surface area contributed by atoms with Gasteiger partial charge in [0.25, 0.3) is 0 Å². The summed E-state index contributed by atoms with van der Waals surface area (Å²) in [7, 11) is -4.46. The van der Waals surface area contributed by atoms with Crippen molar-refractivity contribution >= 4 is 16.0 Å². The van der Waals surface area contributed by atoms with E-state index in [9.17, 15) is 17.8 Å². The minimum absolute atomic E-state index is 0. The Hall–Kier alpha value is 0.756. The maximum Gasteiger partial charge on any atom is 1.00 e. The summed E-state index contributed by atoms with van der Waals surface area (Å²) in [4.78, 5) is 11.1. The molecule has 1 N–H and O–H groups in total. The Bertz CT molecular complexity index is 378. The third-order valence-corrected chi connectivity index (χ3v) is 4.48. The third-order valence-electron chi connectivity index (χ3n) is 2.72. The second-order valence-corrected chi connectivity index (χ2v) is 5.98. The van der Waals surface area contributed by atoms with Crippen LogP contribution in [0.15, 0.2) is 12.2 Å². The van der Waals surface area contributed by atoms with E-state index in [1.807, 2.05) is 0 Å². The zero-order chi connectivity index (χ0) is 13.0. The summed E-state index contributed by atoms with van der Waals surface area (Å²) in [5.74, 6) is -0.779. The quantitative estimate of drug-likeness (QED) is 0.348. The number of carbonyl (C=O) groups excluding carboxylic acids is 1. The van der Waals surface area contributed by atoms with Gasteiger partial charge in [-0.25, -0.2) is 8.42 Å². The fourth-order valence-corrected chi connectivity index (χ4v) is 1.88. The van der Waals surface area contributed by atoms with E-state index < -0.39 is 20.8 Å². The molecule has 7 heteroatoms. The molecule has 94 valence electrons. The van der Waals surface area contributed by atoms with Gasteiger partial charge in [0.2, 0.25) is 5.91 Å². The monoisotopic (exact) mass is 287 g/mol. The van der Waals surface area contributed by atoms with Crippen molar-refractivity contribution < 1.29 is 69.1 Å². The molecule has 0 aliphatic carbocycles. The van der Waals surface area contributed by atoms with Crippen LogP contribution in [-0.2, 0) is 14.9 Å². The molecule has 0 spiro atoms. The van der Waals surface area contributed by atoms with Gasteiger partial charge in [0, 0.05) is 6.54 Å². The van der Waals surface area contributed by atoms with Crippen molar-refractivity contribution in [2.45, 2.75) is 32.4 Å². The Labute approximate surface area is 146 Å². The summed E-state index contributed by atoms with van der Waals surface area (Å²) in [6.07, 6.45) is 2.81. The number of carbonyl (C=O) groups is 1. The molecule has 0 aliphatic rings. The Morgan fingerprint density at radius 1 is 1.47 bits per heavy atom. The maximum atomic E-state index is 11.1. The van der Waals surface area contributed by atoms with Crippen LogP contribution in [0.1, 0.15) is 27.7 Å². The molecule has 0 heterocycles. The molecule has 5 nitrogen and oxygen atoms in total. The van der Waals surface area contributed by atoms with Gasteiger partial charge in [-0.3, -0.25) is 4.79 Å². The molecule has 1 unspecified atom stereocenters. The maximum absolute atomic E-state index is 11.1. The Morgan fingerprint density at radius 3 is 2.24 bits per heavy atom. The van der Waals surface area contributed by atoms with E-state index in [0.717, 1.165) is 0 Å². The van der Waals surface area contributed by atoms with Crippen LogP contribution in [0.2, 0.25) is 0 Å². The summed E-state index contributed by atoms with van der Waals surface area (Å²) in [6, 6.07) is 0. The zero-order valence-corrected chi connectivity index (χ0v) is 14.9. The fourth-order valence-electron chi connectivity index (χ4n) is 1.05. The van der Waals surface area contributed by atoms with Gasteiger partial charge in [0.05, 0.1) is 4.75 Å². The molecule has 0 radical (unpaired) electrons. The zero-order valence-electron chi connectivity index (χ0n) is 11.0. The summed E-state index contributed by atoms with van der Waals surface area (Å²) < 4.78 is 31.9. The molecule has 0 fully saturated rings. The fraction of sp³-hybridized carbons (Fsp3) is 0.700. The molecule has 0 saturated heterocycles. The number of hydrogen-bond acceptors (Lipinski definition) is 4. The summed E-state index contributed by atoms with van der Waals surface area (Å²) in [6.45, 7) is 6.11. The molecule has 0 aromatic carbocycles. The van der Waals surface area contributed by atoms with Crippen LogP contribution in [-0.4, -0.2) is 30.2 Å². The molecule has 0 bridgehead atoms. The van der Waals surface area contributed by atoms with E-state index in [4.69, 9.17) is 0 Å². The van der Waals surface area contributed by atoms with E-state index in [0.29, 0.717) is 0 Å². The normalized spacial score (nSPS) is 15.4. The Morgan fingerprint density at radius 2 is 1.94 bits per heavy atom. The van der Waals surface area contributed by atoms with Crippen molar-refractivity contribution in [3.8, 4) is 0 Å². The molecular weight excluding hydrogens is 269 g/mol. The SMILES string of the molecule is CC=CC(=O)NCC(C)(C(C)C)S(=O)(=O)[O-].[K+]. The number of allylic oxidation sites excluding steroid dienone is 1. The van der Waals surface area contributed by atoms with Gasteiger partial charge in [0.1, 0.15) is 10.1 Å². The molecular formula is C10H18KNO4S. The molecule has 0 aromatic heterocycles. The summed E-state index contributed by atoms with van der Waals surface area (Å²) >= 11 is 0. The predicted octanol–water partition coefficient (Wildman–Crippen LogP) is -2.36. The first kappa shape index (κ1) is 20.1. The van der Waals surface area contributed by atoms with E-state index >= 15 is 0 Å². The van der Waals surface area contributed by atoms with Crippen LogP contribution >= 0.6 is 0 Å². The Kier molecular flexibility index (Phi) is 9.49. The molecule has 0 rings (SSSR count). The molecule has 0 aromatic rings. The van der Waals surface area contributed by atoms with E-state index in [-0.39, 0.29) is 63.8 Å². The van der Waals surface area contributed by atoms with Gasteiger partial charge >= 0.3 is 51.4 Å². The van der Waals surface area contributed by atoms with Crippen molar-refractivity contribution in [2.75, 3.05) is 6.54 Å². The number of hydrogen-bond donors (Lipinski definition) is 1. The predicted molar refractivity (Wildman–Crippen MR) is 60.8 cm³/mol. The van der Waals surface area contributed by atoms with E-state index in [1.165, 1.54) is 19.1 Å². The van der Waals surface area contributed by atoms with Gasteiger partial charge < -0.3 is 9.87 Å². The van der Waals surface area contributed by atoms with Crippen molar-refractivity contribution in [1.29, 1.82) is 0 Å². The molecule has 0 saturated carbocycles.